The molecular weight excluding hydrogens is 436 g/mol. The first-order chi connectivity index (χ1) is 14.9. The number of nitrogen functional groups attached to an aromatic ring is 1. The molecule has 0 aliphatic carbocycles. The van der Waals surface area contributed by atoms with E-state index in [0.29, 0.717) is 34.7 Å². The smallest absolute Gasteiger partial charge is 0.253 e. The van der Waals surface area contributed by atoms with Crippen LogP contribution in [0.3, 0.4) is 0 Å². The van der Waals surface area contributed by atoms with Gasteiger partial charge in [0.1, 0.15) is 6.61 Å². The number of nitrogens with zero attached hydrogens (tertiary/aromatic N) is 4. The largest absolute Gasteiger partial charge is 0.482 e. The molecule has 10 heteroatoms. The zero-order valence-corrected chi connectivity index (χ0v) is 18.8. The van der Waals surface area contributed by atoms with E-state index in [2.05, 4.69) is 33.5 Å². The minimum Gasteiger partial charge on any atom is -0.482 e. The summed E-state index contributed by atoms with van der Waals surface area (Å²) in [6, 6.07) is 9.86. The number of anilines is 1. The van der Waals surface area contributed by atoms with Crippen molar-refractivity contribution >= 4 is 34.9 Å². The van der Waals surface area contributed by atoms with Crippen LogP contribution in [0.5, 0.6) is 5.75 Å². The van der Waals surface area contributed by atoms with E-state index in [1.807, 2.05) is 35.2 Å². The van der Waals surface area contributed by atoms with Crippen LogP contribution in [-0.2, 0) is 6.61 Å². The first-order valence-electron chi connectivity index (χ1n) is 9.91. The molecule has 1 saturated heterocycles. The minimum absolute atomic E-state index is 0.0422. The first kappa shape index (κ1) is 21.5. The predicted octanol–water partition coefficient (Wildman–Crippen LogP) is 3.24. The number of rotatable bonds is 5. The van der Waals surface area contributed by atoms with Crippen LogP contribution in [0.25, 0.3) is 11.1 Å². The Morgan fingerprint density at radius 1 is 1.26 bits per heavy atom. The van der Waals surface area contributed by atoms with Crippen molar-refractivity contribution in [1.82, 2.24) is 24.6 Å². The van der Waals surface area contributed by atoms with Crippen molar-refractivity contribution in [3.05, 3.63) is 52.4 Å². The minimum atomic E-state index is 0.0422. The van der Waals surface area contributed by atoms with Crippen LogP contribution in [-0.4, -0.2) is 50.3 Å². The molecule has 3 N–H and O–H groups in total. The average Bonchev–Trinajstić information content (AvgIpc) is 3.17. The van der Waals surface area contributed by atoms with E-state index >= 15 is 0 Å². The highest BCUT2D eigenvalue weighted by Gasteiger charge is 2.25. The van der Waals surface area contributed by atoms with E-state index in [-0.39, 0.29) is 30.4 Å². The van der Waals surface area contributed by atoms with E-state index in [9.17, 15) is 4.79 Å². The molecule has 0 saturated carbocycles. The molecule has 3 aromatic rings. The molecule has 1 aliphatic heterocycles. The molecule has 3 heterocycles. The van der Waals surface area contributed by atoms with Gasteiger partial charge in [-0.2, -0.15) is 4.37 Å². The number of ether oxygens (including phenoxy) is 1. The van der Waals surface area contributed by atoms with Crippen LogP contribution in [0.15, 0.2) is 36.5 Å². The summed E-state index contributed by atoms with van der Waals surface area (Å²) in [6.45, 7) is 5.73. The lowest BCUT2D eigenvalue weighted by Gasteiger charge is -2.36. The SMILES string of the molecule is CC1CN(C(=O)c2ccc(-c3cnc(N)c(OCc4nsc(Cl)n4)c3)cc2)CC(C)N1. The number of carbonyl (C=O) groups is 1. The van der Waals surface area contributed by atoms with Gasteiger partial charge in [-0.3, -0.25) is 4.79 Å². The van der Waals surface area contributed by atoms with Gasteiger partial charge in [-0.25, -0.2) is 9.97 Å². The molecule has 0 radical (unpaired) electrons. The molecule has 2 atom stereocenters. The number of nitrogens with one attached hydrogen (secondary N) is 1. The summed E-state index contributed by atoms with van der Waals surface area (Å²) >= 11 is 6.90. The first-order valence-corrected chi connectivity index (χ1v) is 11.1. The summed E-state index contributed by atoms with van der Waals surface area (Å²) in [4.78, 5) is 23.1. The summed E-state index contributed by atoms with van der Waals surface area (Å²) in [5.41, 5.74) is 8.35. The van der Waals surface area contributed by atoms with Crippen molar-refractivity contribution in [2.45, 2.75) is 32.5 Å². The third-order valence-corrected chi connectivity index (χ3v) is 5.83. The van der Waals surface area contributed by atoms with Gasteiger partial charge in [-0.05, 0) is 60.7 Å². The quantitative estimate of drug-likeness (QED) is 0.604. The maximum Gasteiger partial charge on any atom is 0.253 e. The second-order valence-corrected chi connectivity index (χ2v) is 8.95. The lowest BCUT2D eigenvalue weighted by atomic mass is 10.0. The number of pyridine rings is 1. The zero-order chi connectivity index (χ0) is 22.0. The van der Waals surface area contributed by atoms with E-state index < -0.39 is 0 Å². The highest BCUT2D eigenvalue weighted by atomic mass is 35.5. The summed E-state index contributed by atoms with van der Waals surface area (Å²) in [5, 5.41) is 3.44. The Morgan fingerprint density at radius 2 is 1.97 bits per heavy atom. The molecule has 1 aromatic carbocycles. The Hall–Kier alpha value is -2.75. The van der Waals surface area contributed by atoms with Gasteiger partial charge >= 0.3 is 0 Å². The lowest BCUT2D eigenvalue weighted by Crippen LogP contribution is -2.55. The van der Waals surface area contributed by atoms with Crippen LogP contribution < -0.4 is 15.8 Å². The Morgan fingerprint density at radius 3 is 2.61 bits per heavy atom. The highest BCUT2D eigenvalue weighted by Crippen LogP contribution is 2.28. The summed E-state index contributed by atoms with van der Waals surface area (Å²) < 4.78 is 10.2. The van der Waals surface area contributed by atoms with Crippen LogP contribution in [0.4, 0.5) is 5.82 Å². The number of piperazine rings is 1. The monoisotopic (exact) mass is 458 g/mol. The number of hydrogen-bond donors (Lipinski definition) is 2. The Kier molecular flexibility index (Phi) is 6.35. The number of aromatic nitrogens is 3. The van der Waals surface area contributed by atoms with Gasteiger partial charge < -0.3 is 20.7 Å². The van der Waals surface area contributed by atoms with Crippen LogP contribution in [0.1, 0.15) is 30.0 Å². The second kappa shape index (κ2) is 9.17. The molecule has 0 bridgehead atoms. The zero-order valence-electron chi connectivity index (χ0n) is 17.2. The number of carbonyl (C=O) groups excluding carboxylic acids is 1. The molecule has 2 unspecified atom stereocenters. The summed E-state index contributed by atoms with van der Waals surface area (Å²) in [7, 11) is 0. The third kappa shape index (κ3) is 5.12. The molecule has 4 rings (SSSR count). The third-order valence-electron chi connectivity index (χ3n) is 4.99. The normalized spacial score (nSPS) is 18.7. The predicted molar refractivity (Wildman–Crippen MR) is 121 cm³/mol. The molecule has 31 heavy (non-hydrogen) atoms. The van der Waals surface area contributed by atoms with Crippen molar-refractivity contribution in [3.8, 4) is 16.9 Å². The Balaban J connectivity index is 1.47. The van der Waals surface area contributed by atoms with Gasteiger partial charge in [0.25, 0.3) is 5.91 Å². The Labute approximate surface area is 189 Å². The van der Waals surface area contributed by atoms with Crippen LogP contribution in [0.2, 0.25) is 4.47 Å². The van der Waals surface area contributed by atoms with Gasteiger partial charge in [0.15, 0.2) is 17.4 Å². The van der Waals surface area contributed by atoms with Crippen molar-refractivity contribution in [3.63, 3.8) is 0 Å². The van der Waals surface area contributed by atoms with Crippen molar-refractivity contribution in [2.75, 3.05) is 18.8 Å². The molecule has 2 aromatic heterocycles. The number of benzene rings is 1. The topological polar surface area (TPSA) is 106 Å². The number of hydrogen-bond acceptors (Lipinski definition) is 8. The molecule has 162 valence electrons. The fourth-order valence-electron chi connectivity index (χ4n) is 3.64. The maximum atomic E-state index is 12.9. The van der Waals surface area contributed by atoms with Crippen LogP contribution in [0, 0.1) is 0 Å². The maximum absolute atomic E-state index is 12.9. The van der Waals surface area contributed by atoms with E-state index in [1.165, 1.54) is 0 Å². The standard InChI is InChI=1S/C21H23ClN6O2S/c1-12-9-28(10-13(2)25-12)20(29)15-5-3-14(4-6-15)16-7-17(19(23)24-8-16)30-11-18-26-21(22)31-27-18/h3-8,12-13,25H,9-11H2,1-2H3,(H2,23,24). The summed E-state index contributed by atoms with van der Waals surface area (Å²) in [6.07, 6.45) is 1.68. The van der Waals surface area contributed by atoms with Crippen molar-refractivity contribution < 1.29 is 9.53 Å². The Bertz CT molecular complexity index is 1060. The average molecular weight is 459 g/mol. The highest BCUT2D eigenvalue weighted by molar-refractivity contribution is 7.10. The lowest BCUT2D eigenvalue weighted by molar-refractivity contribution is 0.0674. The molecule has 1 aliphatic rings. The van der Waals surface area contributed by atoms with E-state index in [1.54, 1.807) is 6.20 Å². The molecule has 1 amide bonds. The van der Waals surface area contributed by atoms with Crippen molar-refractivity contribution in [2.24, 2.45) is 0 Å². The number of nitrogens with two attached hydrogens (primary N) is 1. The van der Waals surface area contributed by atoms with Crippen molar-refractivity contribution in [1.29, 1.82) is 0 Å². The fourth-order valence-corrected chi connectivity index (χ4v) is 4.26. The molecule has 0 spiro atoms. The fraction of sp³-hybridized carbons (Fsp3) is 0.333. The molecule has 1 fully saturated rings. The second-order valence-electron chi connectivity index (χ2n) is 7.62. The van der Waals surface area contributed by atoms with Gasteiger partial charge in [0.05, 0.1) is 0 Å². The van der Waals surface area contributed by atoms with E-state index in [4.69, 9.17) is 22.1 Å². The molecular formula is C21H23ClN6O2S. The van der Waals surface area contributed by atoms with Gasteiger partial charge in [-0.1, -0.05) is 12.1 Å². The van der Waals surface area contributed by atoms with Crippen LogP contribution >= 0.6 is 23.1 Å². The summed E-state index contributed by atoms with van der Waals surface area (Å²) in [5.74, 6) is 1.24. The van der Waals surface area contributed by atoms with Gasteiger partial charge in [0.2, 0.25) is 4.47 Å². The van der Waals surface area contributed by atoms with Gasteiger partial charge in [0, 0.05) is 42.5 Å². The number of amides is 1. The number of halogens is 1. The molecule has 8 nitrogen and oxygen atoms in total. The van der Waals surface area contributed by atoms with E-state index in [0.717, 1.165) is 22.7 Å². The van der Waals surface area contributed by atoms with Gasteiger partial charge in [-0.15, -0.1) is 0 Å².